The van der Waals surface area contributed by atoms with Gasteiger partial charge in [-0.1, -0.05) is 24.8 Å². The van der Waals surface area contributed by atoms with Crippen LogP contribution in [0.5, 0.6) is 5.75 Å². The van der Waals surface area contributed by atoms with Gasteiger partial charge in [-0.15, -0.1) is 0 Å². The second-order valence-electron chi connectivity index (χ2n) is 2.85. The van der Waals surface area contributed by atoms with Crippen LogP contribution in [0.1, 0.15) is 6.92 Å². The van der Waals surface area contributed by atoms with E-state index < -0.39 is 16.0 Å². The van der Waals surface area contributed by atoms with Gasteiger partial charge in [0.25, 0.3) is 0 Å². The summed E-state index contributed by atoms with van der Waals surface area (Å²) in [5.74, 6) is -0.133. The van der Waals surface area contributed by atoms with Gasteiger partial charge in [-0.3, -0.25) is 4.79 Å². The van der Waals surface area contributed by atoms with Crippen LogP contribution in [0.25, 0.3) is 0 Å². The van der Waals surface area contributed by atoms with Crippen LogP contribution >= 0.6 is 0 Å². The van der Waals surface area contributed by atoms with Crippen molar-refractivity contribution in [2.45, 2.75) is 6.92 Å². The Morgan fingerprint density at radius 3 is 2.24 bits per heavy atom. The van der Waals surface area contributed by atoms with Crippen molar-refractivity contribution in [1.29, 1.82) is 0 Å². The molecular weight excluding hydrogens is 242 g/mol. The minimum Gasteiger partial charge on any atom is -0.382 e. The van der Waals surface area contributed by atoms with Gasteiger partial charge in [-0.05, 0) is 25.1 Å². The van der Waals surface area contributed by atoms with E-state index in [1.165, 1.54) is 6.92 Å². The van der Waals surface area contributed by atoms with Crippen LogP contribution in [-0.4, -0.2) is 20.1 Å². The van der Waals surface area contributed by atoms with Crippen LogP contribution in [-0.2, 0) is 14.9 Å². The van der Waals surface area contributed by atoms with Gasteiger partial charge < -0.3 is 9.92 Å². The number of carbonyl (C=O) groups excluding carboxylic acids is 1. The molecule has 2 N–H and O–H groups in total. The molecule has 0 aliphatic heterocycles. The maximum atomic E-state index is 10.9. The maximum absolute atomic E-state index is 10.9. The first-order chi connectivity index (χ1) is 7.91. The molecule has 94 valence electrons. The SMILES string of the molecule is C=CC(N)=O.CCS(=O)(=O)Oc1ccccc1. The number of amides is 1. The molecule has 6 heteroatoms. The van der Waals surface area contributed by atoms with Crippen LogP contribution in [0.2, 0.25) is 0 Å². The topological polar surface area (TPSA) is 86.5 Å². The van der Waals surface area contributed by atoms with Crippen molar-refractivity contribution in [3.63, 3.8) is 0 Å². The van der Waals surface area contributed by atoms with E-state index in [1.54, 1.807) is 30.3 Å². The second-order valence-corrected chi connectivity index (χ2v) is 4.71. The molecule has 0 fully saturated rings. The zero-order valence-corrected chi connectivity index (χ0v) is 10.3. The highest BCUT2D eigenvalue weighted by Crippen LogP contribution is 2.11. The van der Waals surface area contributed by atoms with Crippen LogP contribution in [0.15, 0.2) is 43.0 Å². The molecule has 0 aliphatic rings. The van der Waals surface area contributed by atoms with E-state index in [1.807, 2.05) is 0 Å². The fraction of sp³-hybridized carbons (Fsp3) is 0.182. The lowest BCUT2D eigenvalue weighted by atomic mass is 10.3. The molecule has 0 saturated carbocycles. The highest BCUT2D eigenvalue weighted by Gasteiger charge is 2.07. The lowest BCUT2D eigenvalue weighted by Crippen LogP contribution is -2.11. The Balaban J connectivity index is 0.000000437. The molecule has 0 heterocycles. The summed E-state index contributed by atoms with van der Waals surface area (Å²) in [5, 5.41) is 0. The molecule has 0 aromatic heterocycles. The van der Waals surface area contributed by atoms with Crippen molar-refractivity contribution in [3.8, 4) is 5.75 Å². The first kappa shape index (κ1) is 15.2. The highest BCUT2D eigenvalue weighted by molar-refractivity contribution is 7.87. The number of rotatable bonds is 4. The fourth-order valence-electron chi connectivity index (χ4n) is 0.682. The van der Waals surface area contributed by atoms with E-state index in [2.05, 4.69) is 12.3 Å². The number of carbonyl (C=O) groups is 1. The molecule has 17 heavy (non-hydrogen) atoms. The summed E-state index contributed by atoms with van der Waals surface area (Å²) in [6.07, 6.45) is 1.06. The summed E-state index contributed by atoms with van der Waals surface area (Å²) < 4.78 is 26.6. The Bertz CT molecular complexity index is 454. The molecular formula is C11H15NO4S. The molecule has 0 unspecified atom stereocenters. The average molecular weight is 257 g/mol. The minimum atomic E-state index is -3.37. The molecule has 5 nitrogen and oxygen atoms in total. The summed E-state index contributed by atoms with van der Waals surface area (Å²) in [5.41, 5.74) is 4.53. The Morgan fingerprint density at radius 2 is 1.88 bits per heavy atom. The summed E-state index contributed by atoms with van der Waals surface area (Å²) >= 11 is 0. The smallest absolute Gasteiger partial charge is 0.308 e. The predicted molar refractivity (Wildman–Crippen MR) is 65.9 cm³/mol. The quantitative estimate of drug-likeness (QED) is 0.645. The predicted octanol–water partition coefficient (Wildman–Crippen LogP) is 1.07. The molecule has 0 radical (unpaired) electrons. The third kappa shape index (κ3) is 8.04. The third-order valence-electron chi connectivity index (χ3n) is 1.52. The largest absolute Gasteiger partial charge is 0.382 e. The van der Waals surface area contributed by atoms with Crippen molar-refractivity contribution in [2.24, 2.45) is 5.73 Å². The van der Waals surface area contributed by atoms with E-state index in [0.717, 1.165) is 6.08 Å². The zero-order valence-electron chi connectivity index (χ0n) is 9.50. The number of nitrogens with two attached hydrogens (primary N) is 1. The van der Waals surface area contributed by atoms with Gasteiger partial charge in [0.2, 0.25) is 5.91 Å². The molecule has 0 saturated heterocycles. The van der Waals surface area contributed by atoms with Gasteiger partial charge in [0.15, 0.2) is 0 Å². The van der Waals surface area contributed by atoms with Crippen LogP contribution in [0, 0.1) is 0 Å². The van der Waals surface area contributed by atoms with Gasteiger partial charge in [-0.2, -0.15) is 8.42 Å². The molecule has 1 amide bonds. The first-order valence-corrected chi connectivity index (χ1v) is 6.38. The summed E-state index contributed by atoms with van der Waals surface area (Å²) in [6.45, 7) is 4.63. The van der Waals surface area contributed by atoms with Crippen LogP contribution in [0.4, 0.5) is 0 Å². The molecule has 1 aromatic carbocycles. The van der Waals surface area contributed by atoms with E-state index in [4.69, 9.17) is 4.18 Å². The van der Waals surface area contributed by atoms with Crippen molar-refractivity contribution in [2.75, 3.05) is 5.75 Å². The first-order valence-electron chi connectivity index (χ1n) is 4.80. The van der Waals surface area contributed by atoms with Gasteiger partial charge in [-0.25, -0.2) is 0 Å². The average Bonchev–Trinajstić information content (AvgIpc) is 2.30. The number of hydrogen-bond acceptors (Lipinski definition) is 4. The molecule has 0 bridgehead atoms. The Hall–Kier alpha value is -1.82. The zero-order chi connectivity index (χ0) is 13.3. The van der Waals surface area contributed by atoms with Crippen LogP contribution in [0.3, 0.4) is 0 Å². The number of para-hydroxylation sites is 1. The molecule has 1 aromatic rings. The van der Waals surface area contributed by atoms with Gasteiger partial charge >= 0.3 is 10.1 Å². The lowest BCUT2D eigenvalue weighted by Gasteiger charge is -2.02. The number of benzene rings is 1. The van der Waals surface area contributed by atoms with Crippen molar-refractivity contribution < 1.29 is 17.4 Å². The van der Waals surface area contributed by atoms with Crippen molar-refractivity contribution in [1.82, 2.24) is 0 Å². The molecule has 0 aliphatic carbocycles. The van der Waals surface area contributed by atoms with E-state index in [9.17, 15) is 13.2 Å². The Labute approximate surface area is 101 Å². The minimum absolute atomic E-state index is 0.0120. The maximum Gasteiger partial charge on any atom is 0.308 e. The standard InChI is InChI=1S/C8H10O3S.C3H5NO/c1-2-12(9,10)11-8-6-4-3-5-7-8;1-2-3(4)5/h3-7H,2H2,1H3;2H,1H2,(H2,4,5). The highest BCUT2D eigenvalue weighted by atomic mass is 32.2. The van der Waals surface area contributed by atoms with Crippen molar-refractivity contribution in [3.05, 3.63) is 43.0 Å². The van der Waals surface area contributed by atoms with E-state index >= 15 is 0 Å². The molecule has 1 rings (SSSR count). The second kappa shape index (κ2) is 7.45. The number of primary amides is 1. The van der Waals surface area contributed by atoms with Gasteiger partial charge in [0.1, 0.15) is 5.75 Å². The van der Waals surface area contributed by atoms with Gasteiger partial charge in [0, 0.05) is 0 Å². The van der Waals surface area contributed by atoms with Crippen molar-refractivity contribution >= 4 is 16.0 Å². The molecule has 0 spiro atoms. The number of hydrogen-bond donors (Lipinski definition) is 1. The van der Waals surface area contributed by atoms with Crippen LogP contribution < -0.4 is 9.92 Å². The Morgan fingerprint density at radius 1 is 1.41 bits per heavy atom. The summed E-state index contributed by atoms with van der Waals surface area (Å²) in [7, 11) is -3.37. The normalized spacial score (nSPS) is 9.71. The van der Waals surface area contributed by atoms with E-state index in [-0.39, 0.29) is 5.75 Å². The Kier molecular flexibility index (Phi) is 6.65. The van der Waals surface area contributed by atoms with E-state index in [0.29, 0.717) is 5.75 Å². The monoisotopic (exact) mass is 257 g/mol. The van der Waals surface area contributed by atoms with Gasteiger partial charge in [0.05, 0.1) is 5.75 Å². The summed E-state index contributed by atoms with van der Waals surface area (Å²) in [4.78, 5) is 9.47. The third-order valence-corrected chi connectivity index (χ3v) is 2.67. The fourth-order valence-corrected chi connectivity index (χ4v) is 1.20. The lowest BCUT2D eigenvalue weighted by molar-refractivity contribution is -0.113. The summed E-state index contributed by atoms with van der Waals surface area (Å²) in [6, 6.07) is 8.45. The molecule has 0 atom stereocenters.